The molecule has 2 aromatic rings. The number of halogens is 3. The quantitative estimate of drug-likeness (QED) is 0.857. The molecule has 1 atom stereocenters. The molecule has 0 unspecified atom stereocenters. The van der Waals surface area contributed by atoms with Gasteiger partial charge in [0.05, 0.1) is 12.2 Å². The molecule has 7 nitrogen and oxygen atoms in total. The molecule has 1 aliphatic heterocycles. The molecule has 1 amide bonds. The second kappa shape index (κ2) is 7.34. The summed E-state index contributed by atoms with van der Waals surface area (Å²) in [5.74, 6) is 1.13. The number of hydrogen-bond acceptors (Lipinski definition) is 4. The molecule has 0 bridgehead atoms. The maximum atomic E-state index is 12.8. The second-order valence-corrected chi connectivity index (χ2v) is 7.14. The minimum absolute atomic E-state index is 0.154. The van der Waals surface area contributed by atoms with Crippen molar-refractivity contribution in [3.8, 4) is 0 Å². The van der Waals surface area contributed by atoms with Gasteiger partial charge >= 0.3 is 6.18 Å². The Kier molecular flexibility index (Phi) is 5.27. The van der Waals surface area contributed by atoms with Crippen molar-refractivity contribution in [2.24, 2.45) is 13.0 Å². The Morgan fingerprint density at radius 3 is 2.81 bits per heavy atom. The van der Waals surface area contributed by atoms with Crippen LogP contribution in [0.4, 0.5) is 19.0 Å². The third-order valence-electron chi connectivity index (χ3n) is 4.63. The van der Waals surface area contributed by atoms with E-state index in [2.05, 4.69) is 15.4 Å². The molecule has 2 aromatic heterocycles. The van der Waals surface area contributed by atoms with Gasteiger partial charge in [0.25, 0.3) is 0 Å². The summed E-state index contributed by atoms with van der Waals surface area (Å²) >= 11 is 0. The minimum atomic E-state index is -4.42. The van der Waals surface area contributed by atoms with Gasteiger partial charge < -0.3 is 9.88 Å². The summed E-state index contributed by atoms with van der Waals surface area (Å²) in [6, 6.07) is 1.79. The molecule has 0 fully saturated rings. The fourth-order valence-electron chi connectivity index (χ4n) is 3.46. The van der Waals surface area contributed by atoms with E-state index >= 15 is 0 Å². The van der Waals surface area contributed by atoms with Gasteiger partial charge in [-0.05, 0) is 26.3 Å². The fraction of sp³-hybridized carbons (Fsp3) is 0.588. The first kappa shape index (κ1) is 19.4. The first-order valence-electron chi connectivity index (χ1n) is 8.74. The number of anilines is 1. The first-order valence-corrected chi connectivity index (χ1v) is 8.74. The number of aryl methyl sites for hydroxylation is 3. The first-order chi connectivity index (χ1) is 12.6. The largest absolute Gasteiger partial charge is 0.434 e. The average molecular weight is 384 g/mol. The van der Waals surface area contributed by atoms with E-state index in [1.807, 2.05) is 18.9 Å². The normalized spacial score (nSPS) is 17.2. The van der Waals surface area contributed by atoms with Gasteiger partial charge in [-0.15, -0.1) is 0 Å². The highest BCUT2D eigenvalue weighted by Gasteiger charge is 2.35. The van der Waals surface area contributed by atoms with Gasteiger partial charge in [0, 0.05) is 38.8 Å². The molecule has 3 heterocycles. The van der Waals surface area contributed by atoms with Gasteiger partial charge in [-0.3, -0.25) is 14.4 Å². The number of nitrogens with zero attached hydrogens (tertiary/aromatic N) is 5. The van der Waals surface area contributed by atoms with E-state index in [0.29, 0.717) is 31.2 Å². The summed E-state index contributed by atoms with van der Waals surface area (Å²) in [6.07, 6.45) is -2.08. The average Bonchev–Trinajstić information content (AvgIpc) is 3.09. The van der Waals surface area contributed by atoms with Crippen molar-refractivity contribution < 1.29 is 18.0 Å². The van der Waals surface area contributed by atoms with Crippen LogP contribution in [0.3, 0.4) is 0 Å². The highest BCUT2D eigenvalue weighted by Crippen LogP contribution is 2.30. The Morgan fingerprint density at radius 1 is 1.44 bits per heavy atom. The van der Waals surface area contributed by atoms with Crippen molar-refractivity contribution in [2.75, 3.05) is 25.5 Å². The van der Waals surface area contributed by atoms with Crippen LogP contribution in [0.25, 0.3) is 0 Å². The zero-order valence-corrected chi connectivity index (χ0v) is 15.5. The number of hydrogen-bond donors (Lipinski definition) is 1. The number of aromatic nitrogens is 4. The number of fused-ring (bicyclic) bond motifs is 1. The monoisotopic (exact) mass is 384 g/mol. The third-order valence-corrected chi connectivity index (χ3v) is 4.63. The van der Waals surface area contributed by atoms with Crippen LogP contribution < -0.4 is 5.32 Å². The van der Waals surface area contributed by atoms with E-state index in [-0.39, 0.29) is 18.4 Å². The third kappa shape index (κ3) is 4.68. The SMILES string of the molecule is Cc1cc(NC(=O)CN(C)C[C@H]2CCc3nc(C(F)(F)F)cn3C2)n(C)n1. The van der Waals surface area contributed by atoms with Crippen LogP contribution in [-0.4, -0.2) is 50.3 Å². The zero-order chi connectivity index (χ0) is 19.8. The molecule has 10 heteroatoms. The number of imidazole rings is 1. The Balaban J connectivity index is 1.52. The molecule has 0 saturated heterocycles. The maximum Gasteiger partial charge on any atom is 0.434 e. The van der Waals surface area contributed by atoms with Gasteiger partial charge in [-0.25, -0.2) is 4.98 Å². The van der Waals surface area contributed by atoms with E-state index in [1.54, 1.807) is 22.4 Å². The molecule has 0 radical (unpaired) electrons. The number of likely N-dealkylation sites (N-methyl/N-ethyl adjacent to an activating group) is 1. The lowest BCUT2D eigenvalue weighted by Crippen LogP contribution is -2.36. The van der Waals surface area contributed by atoms with Crippen LogP contribution in [0.1, 0.15) is 23.6 Å². The van der Waals surface area contributed by atoms with Gasteiger partial charge in [0.15, 0.2) is 5.69 Å². The Bertz CT molecular complexity index is 825. The second-order valence-electron chi connectivity index (χ2n) is 7.14. The van der Waals surface area contributed by atoms with Gasteiger partial charge in [-0.2, -0.15) is 18.3 Å². The van der Waals surface area contributed by atoms with Crippen molar-refractivity contribution in [2.45, 2.75) is 32.5 Å². The van der Waals surface area contributed by atoms with Crippen molar-refractivity contribution in [3.63, 3.8) is 0 Å². The number of rotatable bonds is 5. The topological polar surface area (TPSA) is 68.0 Å². The molecular formula is C17H23F3N6O. The van der Waals surface area contributed by atoms with E-state index in [9.17, 15) is 18.0 Å². The molecule has 1 N–H and O–H groups in total. The van der Waals surface area contributed by atoms with Crippen molar-refractivity contribution in [3.05, 3.63) is 29.5 Å². The fourth-order valence-corrected chi connectivity index (χ4v) is 3.46. The number of amides is 1. The Hall–Kier alpha value is -2.36. The highest BCUT2D eigenvalue weighted by atomic mass is 19.4. The van der Waals surface area contributed by atoms with Crippen molar-refractivity contribution in [1.29, 1.82) is 0 Å². The van der Waals surface area contributed by atoms with Crippen LogP contribution in [0.2, 0.25) is 0 Å². The molecule has 148 valence electrons. The number of nitrogens with one attached hydrogen (secondary N) is 1. The van der Waals surface area contributed by atoms with Gasteiger partial charge in [-0.1, -0.05) is 0 Å². The van der Waals surface area contributed by atoms with Crippen LogP contribution in [-0.2, 0) is 31.0 Å². The molecule has 0 aliphatic carbocycles. The van der Waals surface area contributed by atoms with Crippen molar-refractivity contribution >= 4 is 11.7 Å². The zero-order valence-electron chi connectivity index (χ0n) is 15.5. The van der Waals surface area contributed by atoms with Crippen LogP contribution in [0.5, 0.6) is 0 Å². The molecule has 27 heavy (non-hydrogen) atoms. The predicted octanol–water partition coefficient (Wildman–Crippen LogP) is 2.08. The number of carbonyl (C=O) groups excluding carboxylic acids is 1. The lowest BCUT2D eigenvalue weighted by molar-refractivity contribution is -0.141. The molecule has 0 spiro atoms. The van der Waals surface area contributed by atoms with Gasteiger partial charge in [0.2, 0.25) is 5.91 Å². The van der Waals surface area contributed by atoms with E-state index in [1.165, 1.54) is 0 Å². The summed E-state index contributed by atoms with van der Waals surface area (Å²) in [7, 11) is 3.59. The molecule has 0 aromatic carbocycles. The standard InChI is InChI=1S/C17H23F3N6O/c1-11-6-15(25(3)23-11)22-16(27)10-24(2)7-12-4-5-14-21-13(17(18,19)20)9-26(14)8-12/h6,9,12H,4-5,7-8,10H2,1-3H3,(H,22,27)/t12-/m1/s1. The maximum absolute atomic E-state index is 12.8. The van der Waals surface area contributed by atoms with Crippen LogP contribution in [0.15, 0.2) is 12.3 Å². The minimum Gasteiger partial charge on any atom is -0.334 e. The molecular weight excluding hydrogens is 361 g/mol. The lowest BCUT2D eigenvalue weighted by atomic mass is 9.99. The summed E-state index contributed by atoms with van der Waals surface area (Å²) in [5, 5.41) is 6.99. The highest BCUT2D eigenvalue weighted by molar-refractivity contribution is 5.91. The Labute approximate surface area is 155 Å². The lowest BCUT2D eigenvalue weighted by Gasteiger charge is -2.27. The van der Waals surface area contributed by atoms with Crippen LogP contribution >= 0.6 is 0 Å². The van der Waals surface area contributed by atoms with E-state index in [0.717, 1.165) is 18.3 Å². The summed E-state index contributed by atoms with van der Waals surface area (Å²) < 4.78 is 41.6. The van der Waals surface area contributed by atoms with Crippen molar-refractivity contribution in [1.82, 2.24) is 24.2 Å². The molecule has 3 rings (SSSR count). The summed E-state index contributed by atoms with van der Waals surface area (Å²) in [4.78, 5) is 17.8. The summed E-state index contributed by atoms with van der Waals surface area (Å²) in [6.45, 7) is 3.15. The van der Waals surface area contributed by atoms with E-state index < -0.39 is 11.9 Å². The smallest absolute Gasteiger partial charge is 0.334 e. The number of carbonyl (C=O) groups is 1. The number of alkyl halides is 3. The van der Waals surface area contributed by atoms with Gasteiger partial charge in [0.1, 0.15) is 11.6 Å². The molecule has 0 saturated carbocycles. The predicted molar refractivity (Wildman–Crippen MR) is 93.1 cm³/mol. The molecule has 1 aliphatic rings. The summed E-state index contributed by atoms with van der Waals surface area (Å²) in [5.41, 5.74) is -0.0184. The Morgan fingerprint density at radius 2 is 2.19 bits per heavy atom. The van der Waals surface area contributed by atoms with E-state index in [4.69, 9.17) is 0 Å². The van der Waals surface area contributed by atoms with Crippen LogP contribution in [0, 0.1) is 12.8 Å².